The quantitative estimate of drug-likeness (QED) is 0.812. The van der Waals surface area contributed by atoms with Gasteiger partial charge in [-0.05, 0) is 31.2 Å². The van der Waals surface area contributed by atoms with Crippen LogP contribution in [0, 0.1) is 6.92 Å². The molecule has 4 heteroatoms. The molecule has 102 valence electrons. The molecule has 1 heterocycles. The van der Waals surface area contributed by atoms with Gasteiger partial charge >= 0.3 is 0 Å². The van der Waals surface area contributed by atoms with Crippen molar-refractivity contribution >= 4 is 28.6 Å². The van der Waals surface area contributed by atoms with E-state index < -0.39 is 0 Å². The number of rotatable bonds is 6. The van der Waals surface area contributed by atoms with Crippen molar-refractivity contribution in [1.82, 2.24) is 5.32 Å². The Morgan fingerprint density at radius 3 is 2.53 bits per heavy atom. The molecule has 0 bridgehead atoms. The maximum absolute atomic E-state index is 5.90. The molecule has 1 aromatic heterocycles. The summed E-state index contributed by atoms with van der Waals surface area (Å²) in [6.45, 7) is 4.94. The summed E-state index contributed by atoms with van der Waals surface area (Å²) in [4.78, 5) is 3.54. The molecule has 0 saturated carbocycles. The van der Waals surface area contributed by atoms with Crippen molar-refractivity contribution in [2.45, 2.75) is 13.5 Å². The Morgan fingerprint density at radius 1 is 1.16 bits per heavy atom. The summed E-state index contributed by atoms with van der Waals surface area (Å²) >= 11 is 7.53. The third kappa shape index (κ3) is 4.53. The highest BCUT2D eigenvalue weighted by atomic mass is 35.5. The van der Waals surface area contributed by atoms with Crippen LogP contribution in [0.3, 0.4) is 0 Å². The van der Waals surface area contributed by atoms with Crippen LogP contribution in [0.5, 0.6) is 0 Å². The van der Waals surface area contributed by atoms with Gasteiger partial charge in [-0.25, -0.2) is 0 Å². The van der Waals surface area contributed by atoms with Crippen molar-refractivity contribution in [1.29, 1.82) is 0 Å². The smallest absolute Gasteiger partial charge is 0.0931 e. The van der Waals surface area contributed by atoms with E-state index in [0.29, 0.717) is 0 Å². The first-order valence-corrected chi connectivity index (χ1v) is 7.57. The summed E-state index contributed by atoms with van der Waals surface area (Å²) < 4.78 is 0.855. The lowest BCUT2D eigenvalue weighted by Gasteiger charge is -2.19. The number of benzene rings is 1. The number of anilines is 1. The fraction of sp³-hybridized carbons (Fsp3) is 0.333. The molecule has 0 aliphatic rings. The standard InChI is InChI=1S/C15H19ClN2S/c1-12-3-5-13(6-4-12)18(2)10-9-17-11-14-7-8-15(16)19-14/h3-8,17H,9-11H2,1-2H3. The minimum Gasteiger partial charge on any atom is -0.373 e. The maximum Gasteiger partial charge on any atom is 0.0931 e. The van der Waals surface area contributed by atoms with Crippen molar-refractivity contribution in [3.05, 3.63) is 51.2 Å². The Hall–Kier alpha value is -1.03. The highest BCUT2D eigenvalue weighted by molar-refractivity contribution is 7.16. The molecule has 1 aromatic carbocycles. The fourth-order valence-corrected chi connectivity index (χ4v) is 2.89. The van der Waals surface area contributed by atoms with E-state index in [-0.39, 0.29) is 0 Å². The summed E-state index contributed by atoms with van der Waals surface area (Å²) in [5.41, 5.74) is 2.55. The molecule has 0 spiro atoms. The number of hydrogen-bond donors (Lipinski definition) is 1. The van der Waals surface area contributed by atoms with Gasteiger partial charge < -0.3 is 10.2 Å². The predicted octanol–water partition coefficient (Wildman–Crippen LogP) is 3.94. The topological polar surface area (TPSA) is 15.3 Å². The first-order chi connectivity index (χ1) is 9.15. The molecule has 0 amide bonds. The third-order valence-corrected chi connectivity index (χ3v) is 4.26. The van der Waals surface area contributed by atoms with Crippen molar-refractivity contribution in [3.8, 4) is 0 Å². The van der Waals surface area contributed by atoms with Gasteiger partial charge in [0.1, 0.15) is 0 Å². The van der Waals surface area contributed by atoms with Gasteiger partial charge in [-0.15, -0.1) is 11.3 Å². The minimum atomic E-state index is 0.855. The Balaban J connectivity index is 1.72. The van der Waals surface area contributed by atoms with Crippen LogP contribution in [0.2, 0.25) is 4.34 Å². The molecule has 2 aromatic rings. The van der Waals surface area contributed by atoms with Crippen molar-refractivity contribution < 1.29 is 0 Å². The number of nitrogens with zero attached hydrogens (tertiary/aromatic N) is 1. The zero-order chi connectivity index (χ0) is 13.7. The van der Waals surface area contributed by atoms with Gasteiger partial charge in [-0.2, -0.15) is 0 Å². The molecule has 0 aliphatic carbocycles. The van der Waals surface area contributed by atoms with Crippen LogP contribution in [-0.2, 0) is 6.54 Å². The number of likely N-dealkylation sites (N-methyl/N-ethyl adjacent to an activating group) is 1. The van der Waals surface area contributed by atoms with Gasteiger partial charge in [0.2, 0.25) is 0 Å². The van der Waals surface area contributed by atoms with Crippen LogP contribution < -0.4 is 10.2 Å². The number of nitrogens with one attached hydrogen (secondary N) is 1. The second kappa shape index (κ2) is 6.94. The number of halogens is 1. The van der Waals surface area contributed by atoms with Gasteiger partial charge in [0, 0.05) is 37.2 Å². The second-order valence-electron chi connectivity index (χ2n) is 4.64. The van der Waals surface area contributed by atoms with Gasteiger partial charge in [0.15, 0.2) is 0 Å². The Bertz CT molecular complexity index is 507. The van der Waals surface area contributed by atoms with E-state index in [2.05, 4.69) is 54.5 Å². The summed E-state index contributed by atoms with van der Waals surface area (Å²) in [5.74, 6) is 0. The highest BCUT2D eigenvalue weighted by Gasteiger charge is 2.01. The van der Waals surface area contributed by atoms with Crippen molar-refractivity contribution in [3.63, 3.8) is 0 Å². The van der Waals surface area contributed by atoms with E-state index in [1.807, 2.05) is 6.07 Å². The van der Waals surface area contributed by atoms with Gasteiger partial charge in [-0.3, -0.25) is 0 Å². The summed E-state index contributed by atoms with van der Waals surface area (Å²) in [6.07, 6.45) is 0. The average Bonchev–Trinajstić information content (AvgIpc) is 2.81. The molecule has 0 saturated heterocycles. The molecule has 1 N–H and O–H groups in total. The summed E-state index contributed by atoms with van der Waals surface area (Å²) in [5, 5.41) is 3.44. The number of aryl methyl sites for hydroxylation is 1. The Kier molecular flexibility index (Phi) is 5.25. The molecule has 2 rings (SSSR count). The van der Waals surface area contributed by atoms with Crippen LogP contribution in [0.4, 0.5) is 5.69 Å². The maximum atomic E-state index is 5.90. The lowest BCUT2D eigenvalue weighted by atomic mass is 10.2. The average molecular weight is 295 g/mol. The normalized spacial score (nSPS) is 10.7. The molecule has 0 atom stereocenters. The minimum absolute atomic E-state index is 0.855. The monoisotopic (exact) mass is 294 g/mol. The van der Waals surface area contributed by atoms with E-state index in [4.69, 9.17) is 11.6 Å². The SMILES string of the molecule is Cc1ccc(N(C)CCNCc2ccc(Cl)s2)cc1. The van der Waals surface area contributed by atoms with E-state index in [0.717, 1.165) is 24.0 Å². The second-order valence-corrected chi connectivity index (χ2v) is 6.44. The molecular formula is C15H19ClN2S. The number of hydrogen-bond acceptors (Lipinski definition) is 3. The van der Waals surface area contributed by atoms with Crippen molar-refractivity contribution in [2.75, 3.05) is 25.0 Å². The summed E-state index contributed by atoms with van der Waals surface area (Å²) in [6, 6.07) is 12.6. The molecule has 19 heavy (non-hydrogen) atoms. The van der Waals surface area contributed by atoms with Gasteiger partial charge in [0.25, 0.3) is 0 Å². The van der Waals surface area contributed by atoms with E-state index >= 15 is 0 Å². The third-order valence-electron chi connectivity index (χ3n) is 3.03. The van der Waals surface area contributed by atoms with Crippen LogP contribution in [0.1, 0.15) is 10.4 Å². The fourth-order valence-electron chi connectivity index (χ4n) is 1.83. The molecule has 2 nitrogen and oxygen atoms in total. The zero-order valence-electron chi connectivity index (χ0n) is 11.3. The van der Waals surface area contributed by atoms with E-state index in [1.165, 1.54) is 16.1 Å². The van der Waals surface area contributed by atoms with Crippen LogP contribution in [0.25, 0.3) is 0 Å². The molecular weight excluding hydrogens is 276 g/mol. The Labute approximate surface area is 124 Å². The van der Waals surface area contributed by atoms with Gasteiger partial charge in [-0.1, -0.05) is 29.3 Å². The lowest BCUT2D eigenvalue weighted by Crippen LogP contribution is -2.28. The van der Waals surface area contributed by atoms with E-state index in [1.54, 1.807) is 11.3 Å². The van der Waals surface area contributed by atoms with Crippen molar-refractivity contribution in [2.24, 2.45) is 0 Å². The molecule has 0 radical (unpaired) electrons. The number of thiophene rings is 1. The van der Waals surface area contributed by atoms with E-state index in [9.17, 15) is 0 Å². The van der Waals surface area contributed by atoms with Crippen LogP contribution in [0.15, 0.2) is 36.4 Å². The largest absolute Gasteiger partial charge is 0.373 e. The lowest BCUT2D eigenvalue weighted by molar-refractivity contribution is 0.685. The predicted molar refractivity (Wildman–Crippen MR) is 85.5 cm³/mol. The first-order valence-electron chi connectivity index (χ1n) is 6.38. The molecule has 0 aliphatic heterocycles. The Morgan fingerprint density at radius 2 is 1.89 bits per heavy atom. The molecule has 0 unspecified atom stereocenters. The summed E-state index contributed by atoms with van der Waals surface area (Å²) in [7, 11) is 2.12. The molecule has 0 fully saturated rings. The first kappa shape index (κ1) is 14.4. The highest BCUT2D eigenvalue weighted by Crippen LogP contribution is 2.20. The van der Waals surface area contributed by atoms with Crippen LogP contribution in [-0.4, -0.2) is 20.1 Å². The zero-order valence-corrected chi connectivity index (χ0v) is 12.9. The van der Waals surface area contributed by atoms with Crippen LogP contribution >= 0.6 is 22.9 Å². The van der Waals surface area contributed by atoms with Gasteiger partial charge in [0.05, 0.1) is 4.34 Å².